The number of halogens is 3. The molecule has 196 valence electrons. The fourth-order valence-electron chi connectivity index (χ4n) is 5.96. The lowest BCUT2D eigenvalue weighted by Gasteiger charge is -2.32. The van der Waals surface area contributed by atoms with Crippen molar-refractivity contribution in [1.82, 2.24) is 0 Å². The van der Waals surface area contributed by atoms with Crippen LogP contribution in [-0.2, 0) is 4.79 Å². The Morgan fingerprint density at radius 3 is 2.00 bits per heavy atom. The van der Waals surface area contributed by atoms with E-state index in [0.29, 0.717) is 36.8 Å². The van der Waals surface area contributed by atoms with Gasteiger partial charge < -0.3 is 14.9 Å². The van der Waals surface area contributed by atoms with Crippen LogP contribution in [-0.4, -0.2) is 22.3 Å². The summed E-state index contributed by atoms with van der Waals surface area (Å²) in [5.74, 6) is -3.87. The summed E-state index contributed by atoms with van der Waals surface area (Å²) >= 11 is 0. The predicted octanol–water partition coefficient (Wildman–Crippen LogP) is 7.12. The lowest BCUT2D eigenvalue weighted by molar-refractivity contribution is -0.140. The Balaban J connectivity index is 1.34. The fraction of sp³-hybridized carbons (Fsp3) is 0.552. The monoisotopic (exact) mass is 504 g/mol. The van der Waals surface area contributed by atoms with Crippen molar-refractivity contribution < 1.29 is 32.9 Å². The van der Waals surface area contributed by atoms with Crippen molar-refractivity contribution in [3.63, 3.8) is 0 Å². The van der Waals surface area contributed by atoms with Crippen LogP contribution in [0.5, 0.6) is 11.5 Å². The molecule has 4 nitrogen and oxygen atoms in total. The molecule has 2 N–H and O–H groups in total. The summed E-state index contributed by atoms with van der Waals surface area (Å²) in [7, 11) is 0. The molecule has 0 radical (unpaired) electrons. The van der Waals surface area contributed by atoms with Gasteiger partial charge in [0.2, 0.25) is 0 Å². The Bertz CT molecular complexity index is 1060. The smallest absolute Gasteiger partial charge is 0.314 e. The summed E-state index contributed by atoms with van der Waals surface area (Å²) in [6.07, 6.45) is 6.43. The van der Waals surface area contributed by atoms with Gasteiger partial charge in [0.1, 0.15) is 5.75 Å². The van der Waals surface area contributed by atoms with Crippen LogP contribution in [0.4, 0.5) is 13.2 Å². The topological polar surface area (TPSA) is 66.8 Å². The van der Waals surface area contributed by atoms with Gasteiger partial charge in [0.05, 0.1) is 12.0 Å². The molecular formula is C29H35F3O4. The quantitative estimate of drug-likeness (QED) is 0.311. The number of benzene rings is 2. The minimum absolute atomic E-state index is 0.0376. The molecule has 2 aliphatic carbocycles. The van der Waals surface area contributed by atoms with E-state index in [1.165, 1.54) is 12.1 Å². The van der Waals surface area contributed by atoms with Crippen molar-refractivity contribution in [2.75, 3.05) is 0 Å². The molecule has 0 heterocycles. The maximum Gasteiger partial charge on any atom is 0.314 e. The standard InChI is InChI=1S/C29H35F3O4/c1-2-3-25(34)19-8-4-17(5-9-19)22-13-14-23(28(32)27(22)31)18-6-10-20(11-7-18)29(35)36-26-15-12-21(33)16-24(26)30/h12-20,25,33-34H,2-11H2,1H3. The zero-order valence-electron chi connectivity index (χ0n) is 20.7. The van der Waals surface area contributed by atoms with Crippen LogP contribution in [0.15, 0.2) is 30.3 Å². The van der Waals surface area contributed by atoms with Crippen LogP contribution in [0.25, 0.3) is 0 Å². The van der Waals surface area contributed by atoms with Crippen molar-refractivity contribution in [2.45, 2.75) is 89.1 Å². The van der Waals surface area contributed by atoms with Crippen molar-refractivity contribution in [3.05, 3.63) is 58.9 Å². The van der Waals surface area contributed by atoms with E-state index >= 15 is 8.78 Å². The summed E-state index contributed by atoms with van der Waals surface area (Å²) in [4.78, 5) is 12.5. The van der Waals surface area contributed by atoms with E-state index in [1.807, 2.05) is 6.92 Å². The van der Waals surface area contributed by atoms with Gasteiger partial charge in [0.15, 0.2) is 23.2 Å². The second-order valence-electron chi connectivity index (χ2n) is 10.4. The summed E-state index contributed by atoms with van der Waals surface area (Å²) in [6, 6.07) is 6.73. The summed E-state index contributed by atoms with van der Waals surface area (Å²) in [6.45, 7) is 2.05. The van der Waals surface area contributed by atoms with E-state index in [9.17, 15) is 19.4 Å². The zero-order valence-corrected chi connectivity index (χ0v) is 20.7. The number of carbonyl (C=O) groups excluding carboxylic acids is 1. The van der Waals surface area contributed by atoms with E-state index in [4.69, 9.17) is 4.74 Å². The van der Waals surface area contributed by atoms with Gasteiger partial charge in [-0.2, -0.15) is 0 Å². The normalized spacial score (nSPS) is 25.4. The number of phenolic OH excluding ortho intramolecular Hbond substituents is 1. The van der Waals surface area contributed by atoms with Crippen LogP contribution in [0.3, 0.4) is 0 Å². The van der Waals surface area contributed by atoms with Crippen molar-refractivity contribution in [1.29, 1.82) is 0 Å². The van der Waals surface area contributed by atoms with Crippen molar-refractivity contribution in [2.24, 2.45) is 11.8 Å². The molecule has 0 saturated heterocycles. The summed E-state index contributed by atoms with van der Waals surface area (Å²) < 4.78 is 49.3. The van der Waals surface area contributed by atoms with Crippen molar-refractivity contribution >= 4 is 5.97 Å². The molecule has 0 amide bonds. The molecule has 2 aliphatic rings. The first kappa shape index (κ1) is 26.5. The molecule has 2 aromatic rings. The lowest BCUT2D eigenvalue weighted by atomic mass is 9.74. The van der Waals surface area contributed by atoms with Crippen LogP contribution in [0.2, 0.25) is 0 Å². The Kier molecular flexibility index (Phi) is 8.60. The molecule has 0 aromatic heterocycles. The van der Waals surface area contributed by atoms with Gasteiger partial charge in [-0.25, -0.2) is 13.2 Å². The number of phenols is 1. The first-order valence-corrected chi connectivity index (χ1v) is 13.1. The van der Waals surface area contributed by atoms with Gasteiger partial charge in [-0.3, -0.25) is 4.79 Å². The molecule has 36 heavy (non-hydrogen) atoms. The number of hydrogen-bond donors (Lipinski definition) is 2. The minimum Gasteiger partial charge on any atom is -0.508 e. The minimum atomic E-state index is -0.819. The molecule has 0 spiro atoms. The molecule has 4 rings (SSSR count). The SMILES string of the molecule is CCCC(O)C1CCC(c2ccc(C3CCC(C(=O)Oc4ccc(O)cc4F)CC3)c(F)c2F)CC1. The average Bonchev–Trinajstić information content (AvgIpc) is 2.88. The van der Waals surface area contributed by atoms with Gasteiger partial charge >= 0.3 is 5.97 Å². The molecule has 2 fully saturated rings. The highest BCUT2D eigenvalue weighted by Gasteiger charge is 2.33. The molecule has 2 saturated carbocycles. The lowest BCUT2D eigenvalue weighted by Crippen LogP contribution is -2.26. The third-order valence-corrected chi connectivity index (χ3v) is 8.11. The Hall–Kier alpha value is -2.54. The maximum atomic E-state index is 15.2. The number of esters is 1. The predicted molar refractivity (Wildman–Crippen MR) is 130 cm³/mol. The van der Waals surface area contributed by atoms with E-state index in [0.717, 1.165) is 44.6 Å². The van der Waals surface area contributed by atoms with E-state index < -0.39 is 29.3 Å². The Labute approximate surface area is 210 Å². The number of hydrogen-bond acceptors (Lipinski definition) is 4. The Morgan fingerprint density at radius 2 is 1.47 bits per heavy atom. The molecule has 1 atom stereocenters. The van der Waals surface area contributed by atoms with Crippen LogP contribution in [0.1, 0.15) is 94.1 Å². The zero-order chi connectivity index (χ0) is 25.8. The van der Waals surface area contributed by atoms with Crippen molar-refractivity contribution in [3.8, 4) is 11.5 Å². The second-order valence-corrected chi connectivity index (χ2v) is 10.4. The third-order valence-electron chi connectivity index (χ3n) is 8.11. The number of carbonyl (C=O) groups is 1. The highest BCUT2D eigenvalue weighted by Crippen LogP contribution is 2.42. The van der Waals surface area contributed by atoms with E-state index in [-0.39, 0.29) is 35.4 Å². The Morgan fingerprint density at radius 1 is 0.917 bits per heavy atom. The fourth-order valence-corrected chi connectivity index (χ4v) is 5.96. The number of aromatic hydroxyl groups is 1. The van der Waals surface area contributed by atoms with Gasteiger partial charge in [0.25, 0.3) is 0 Å². The summed E-state index contributed by atoms with van der Waals surface area (Å²) in [5, 5.41) is 19.6. The highest BCUT2D eigenvalue weighted by atomic mass is 19.2. The average molecular weight is 505 g/mol. The molecule has 7 heteroatoms. The number of aliphatic hydroxyl groups is 1. The number of rotatable bonds is 7. The maximum absolute atomic E-state index is 15.2. The van der Waals surface area contributed by atoms with Gasteiger partial charge in [0, 0.05) is 6.07 Å². The first-order chi connectivity index (χ1) is 17.3. The third kappa shape index (κ3) is 5.88. The highest BCUT2D eigenvalue weighted by molar-refractivity contribution is 5.75. The number of aliphatic hydroxyl groups excluding tert-OH is 1. The molecule has 0 aliphatic heterocycles. The molecule has 1 unspecified atom stereocenters. The van der Waals surface area contributed by atoms with E-state index in [2.05, 4.69) is 0 Å². The van der Waals surface area contributed by atoms with Gasteiger partial charge in [-0.05, 0) is 98.8 Å². The van der Waals surface area contributed by atoms with Crippen LogP contribution in [0, 0.1) is 29.3 Å². The van der Waals surface area contributed by atoms with Crippen LogP contribution >= 0.6 is 0 Å². The second kappa shape index (κ2) is 11.7. The number of ether oxygens (including phenoxy) is 1. The molecular weight excluding hydrogens is 469 g/mol. The van der Waals surface area contributed by atoms with E-state index in [1.54, 1.807) is 12.1 Å². The largest absolute Gasteiger partial charge is 0.508 e. The van der Waals surface area contributed by atoms with Crippen LogP contribution < -0.4 is 4.74 Å². The molecule has 0 bridgehead atoms. The summed E-state index contributed by atoms with van der Waals surface area (Å²) in [5.41, 5.74) is 0.771. The molecule has 2 aromatic carbocycles. The van der Waals surface area contributed by atoms with Gasteiger partial charge in [-0.1, -0.05) is 25.5 Å². The van der Waals surface area contributed by atoms with Gasteiger partial charge in [-0.15, -0.1) is 0 Å². The first-order valence-electron chi connectivity index (χ1n) is 13.1.